The number of benzene rings is 1. The Kier molecular flexibility index (Phi) is 5.83. The second-order valence-corrected chi connectivity index (χ2v) is 6.09. The normalized spacial score (nSPS) is 10.5. The van der Waals surface area contributed by atoms with Crippen molar-refractivity contribution >= 4 is 17.7 Å². The standard InChI is InChI=1S/C17H21N3OS/c1-4-20(11-13(2)3)16(21)12-22-17-18-10-15(19-17)14-8-6-5-7-9-14/h5-10H,2,4,11-12H2,1,3H3,(H,18,19). The third-order valence-corrected chi connectivity index (χ3v) is 4.04. The molecule has 0 saturated heterocycles. The van der Waals surface area contributed by atoms with E-state index in [2.05, 4.69) is 16.5 Å². The van der Waals surface area contributed by atoms with Gasteiger partial charge in [-0.15, -0.1) is 0 Å². The highest BCUT2D eigenvalue weighted by molar-refractivity contribution is 7.99. The lowest BCUT2D eigenvalue weighted by atomic mass is 10.2. The Morgan fingerprint density at radius 1 is 1.36 bits per heavy atom. The number of carbonyl (C=O) groups excluding carboxylic acids is 1. The molecule has 0 unspecified atom stereocenters. The first-order valence-electron chi connectivity index (χ1n) is 7.25. The summed E-state index contributed by atoms with van der Waals surface area (Å²) in [7, 11) is 0. The van der Waals surface area contributed by atoms with Crippen molar-refractivity contribution in [2.75, 3.05) is 18.8 Å². The minimum atomic E-state index is 0.105. The largest absolute Gasteiger partial charge is 0.338 e. The molecule has 4 nitrogen and oxygen atoms in total. The SMILES string of the molecule is C=C(C)CN(CC)C(=O)CSc1ncc(-c2ccccc2)[nH]1. The van der Waals surface area contributed by atoms with E-state index in [0.717, 1.165) is 22.0 Å². The number of hydrogen-bond donors (Lipinski definition) is 1. The molecule has 1 aromatic heterocycles. The Balaban J connectivity index is 1.93. The molecule has 116 valence electrons. The van der Waals surface area contributed by atoms with Gasteiger partial charge in [0.2, 0.25) is 5.91 Å². The minimum Gasteiger partial charge on any atom is -0.338 e. The van der Waals surface area contributed by atoms with Crippen molar-refractivity contribution in [3.05, 3.63) is 48.7 Å². The predicted molar refractivity (Wildman–Crippen MR) is 91.8 cm³/mol. The van der Waals surface area contributed by atoms with Gasteiger partial charge in [-0.25, -0.2) is 4.98 Å². The monoisotopic (exact) mass is 315 g/mol. The number of carbonyl (C=O) groups is 1. The summed E-state index contributed by atoms with van der Waals surface area (Å²) in [5, 5.41) is 0.763. The zero-order valence-electron chi connectivity index (χ0n) is 13.0. The van der Waals surface area contributed by atoms with Crippen LogP contribution in [0.5, 0.6) is 0 Å². The van der Waals surface area contributed by atoms with Crippen LogP contribution in [0.1, 0.15) is 13.8 Å². The smallest absolute Gasteiger partial charge is 0.233 e. The van der Waals surface area contributed by atoms with Crippen molar-refractivity contribution in [1.29, 1.82) is 0 Å². The van der Waals surface area contributed by atoms with Crippen molar-refractivity contribution in [1.82, 2.24) is 14.9 Å². The number of imidazole rings is 1. The molecular weight excluding hydrogens is 294 g/mol. The van der Waals surface area contributed by atoms with E-state index in [1.165, 1.54) is 11.8 Å². The number of amides is 1. The first-order chi connectivity index (χ1) is 10.6. The maximum absolute atomic E-state index is 12.2. The molecule has 0 atom stereocenters. The summed E-state index contributed by atoms with van der Waals surface area (Å²) in [6, 6.07) is 10.0. The average Bonchev–Trinajstić information content (AvgIpc) is 3.00. The van der Waals surface area contributed by atoms with Crippen LogP contribution < -0.4 is 0 Å². The summed E-state index contributed by atoms with van der Waals surface area (Å²) < 4.78 is 0. The topological polar surface area (TPSA) is 49.0 Å². The molecule has 2 rings (SSSR count). The highest BCUT2D eigenvalue weighted by Crippen LogP contribution is 2.21. The molecule has 2 aromatic rings. The Morgan fingerprint density at radius 3 is 2.73 bits per heavy atom. The van der Waals surface area contributed by atoms with Crippen LogP contribution in [0.25, 0.3) is 11.3 Å². The van der Waals surface area contributed by atoms with Gasteiger partial charge >= 0.3 is 0 Å². The molecule has 0 radical (unpaired) electrons. The molecule has 0 spiro atoms. The van der Waals surface area contributed by atoms with E-state index in [4.69, 9.17) is 0 Å². The van der Waals surface area contributed by atoms with Gasteiger partial charge in [0, 0.05) is 13.1 Å². The lowest BCUT2D eigenvalue weighted by molar-refractivity contribution is -0.127. The fourth-order valence-electron chi connectivity index (χ4n) is 2.06. The van der Waals surface area contributed by atoms with Crippen LogP contribution in [-0.4, -0.2) is 39.6 Å². The zero-order valence-corrected chi connectivity index (χ0v) is 13.8. The van der Waals surface area contributed by atoms with E-state index in [0.29, 0.717) is 18.8 Å². The molecular formula is C17H21N3OS. The number of H-pyrrole nitrogens is 1. The molecule has 1 N–H and O–H groups in total. The van der Waals surface area contributed by atoms with Crippen molar-refractivity contribution in [3.63, 3.8) is 0 Å². The number of aromatic amines is 1. The van der Waals surface area contributed by atoms with E-state index in [9.17, 15) is 4.79 Å². The van der Waals surface area contributed by atoms with Gasteiger partial charge in [-0.1, -0.05) is 54.2 Å². The lowest BCUT2D eigenvalue weighted by Gasteiger charge is -2.20. The summed E-state index contributed by atoms with van der Waals surface area (Å²) >= 11 is 1.43. The number of nitrogens with zero attached hydrogens (tertiary/aromatic N) is 2. The van der Waals surface area contributed by atoms with Crippen LogP contribution in [0.4, 0.5) is 0 Å². The van der Waals surface area contributed by atoms with Crippen molar-refractivity contribution in [2.24, 2.45) is 0 Å². The van der Waals surface area contributed by atoms with Gasteiger partial charge in [0.1, 0.15) is 0 Å². The number of aromatic nitrogens is 2. The van der Waals surface area contributed by atoms with E-state index in [1.54, 1.807) is 11.1 Å². The van der Waals surface area contributed by atoms with Gasteiger partial charge in [-0.3, -0.25) is 4.79 Å². The molecule has 1 amide bonds. The van der Waals surface area contributed by atoms with Gasteiger partial charge in [0.05, 0.1) is 17.6 Å². The second kappa shape index (κ2) is 7.84. The van der Waals surface area contributed by atoms with E-state index in [-0.39, 0.29) is 5.91 Å². The zero-order chi connectivity index (χ0) is 15.9. The summed E-state index contributed by atoms with van der Waals surface area (Å²) in [5.41, 5.74) is 3.04. The van der Waals surface area contributed by atoms with Gasteiger partial charge in [-0.2, -0.15) is 0 Å². The first-order valence-corrected chi connectivity index (χ1v) is 8.24. The molecule has 0 aliphatic carbocycles. The third-order valence-electron chi connectivity index (χ3n) is 3.16. The van der Waals surface area contributed by atoms with Crippen molar-refractivity contribution < 1.29 is 4.79 Å². The first kappa shape index (κ1) is 16.4. The van der Waals surface area contributed by atoms with Crippen LogP contribution in [0, 0.1) is 0 Å². The van der Waals surface area contributed by atoms with Crippen molar-refractivity contribution in [2.45, 2.75) is 19.0 Å². The Hall–Kier alpha value is -2.01. The molecule has 0 bridgehead atoms. The molecule has 1 aromatic carbocycles. The maximum atomic E-state index is 12.2. The molecule has 0 aliphatic heterocycles. The Morgan fingerprint density at radius 2 is 2.09 bits per heavy atom. The third kappa shape index (κ3) is 4.49. The number of hydrogen-bond acceptors (Lipinski definition) is 3. The van der Waals surface area contributed by atoms with Crippen LogP contribution in [0.15, 0.2) is 53.8 Å². The Bertz CT molecular complexity index is 636. The average molecular weight is 315 g/mol. The predicted octanol–water partition coefficient (Wildman–Crippen LogP) is 3.59. The maximum Gasteiger partial charge on any atom is 0.233 e. The van der Waals surface area contributed by atoms with E-state index < -0.39 is 0 Å². The number of likely N-dealkylation sites (N-methyl/N-ethyl adjacent to an activating group) is 1. The number of rotatable bonds is 7. The molecule has 5 heteroatoms. The fraction of sp³-hybridized carbons (Fsp3) is 0.294. The molecule has 0 fully saturated rings. The van der Waals surface area contributed by atoms with Gasteiger partial charge in [-0.05, 0) is 19.4 Å². The minimum absolute atomic E-state index is 0.105. The summed E-state index contributed by atoms with van der Waals surface area (Å²) in [6.07, 6.45) is 1.80. The highest BCUT2D eigenvalue weighted by Gasteiger charge is 2.13. The Labute approximate surface area is 135 Å². The van der Waals surface area contributed by atoms with Crippen LogP contribution in [0.3, 0.4) is 0 Å². The lowest BCUT2D eigenvalue weighted by Crippen LogP contribution is -2.33. The van der Waals surface area contributed by atoms with E-state index in [1.807, 2.05) is 44.2 Å². The van der Waals surface area contributed by atoms with E-state index >= 15 is 0 Å². The number of thioether (sulfide) groups is 1. The second-order valence-electron chi connectivity index (χ2n) is 5.12. The highest BCUT2D eigenvalue weighted by atomic mass is 32.2. The van der Waals surface area contributed by atoms with Gasteiger partial charge < -0.3 is 9.88 Å². The quantitative estimate of drug-likeness (QED) is 0.627. The van der Waals surface area contributed by atoms with Crippen molar-refractivity contribution in [3.8, 4) is 11.3 Å². The summed E-state index contributed by atoms with van der Waals surface area (Å²) in [5.74, 6) is 0.483. The fourth-order valence-corrected chi connectivity index (χ4v) is 2.82. The molecule has 0 saturated carbocycles. The molecule has 0 aliphatic rings. The van der Waals surface area contributed by atoms with Crippen LogP contribution in [-0.2, 0) is 4.79 Å². The summed E-state index contributed by atoms with van der Waals surface area (Å²) in [6.45, 7) is 9.08. The van der Waals surface area contributed by atoms with Crippen LogP contribution >= 0.6 is 11.8 Å². The van der Waals surface area contributed by atoms with Gasteiger partial charge in [0.15, 0.2) is 5.16 Å². The van der Waals surface area contributed by atoms with Crippen LogP contribution in [0.2, 0.25) is 0 Å². The number of nitrogens with one attached hydrogen (secondary N) is 1. The summed E-state index contributed by atoms with van der Waals surface area (Å²) in [4.78, 5) is 21.6. The van der Waals surface area contributed by atoms with Gasteiger partial charge in [0.25, 0.3) is 0 Å². The molecule has 22 heavy (non-hydrogen) atoms. The molecule has 1 heterocycles.